The summed E-state index contributed by atoms with van der Waals surface area (Å²) in [5.74, 6) is -2.57. The Morgan fingerprint density at radius 3 is 2.36 bits per heavy atom. The van der Waals surface area contributed by atoms with Crippen molar-refractivity contribution in [1.29, 1.82) is 5.26 Å². The molecule has 8 heteroatoms. The average molecular weight is 352 g/mol. The zero-order chi connectivity index (χ0) is 18.6. The van der Waals surface area contributed by atoms with Crippen molar-refractivity contribution < 1.29 is 27.1 Å². The fourth-order valence-corrected chi connectivity index (χ4v) is 2.14. The van der Waals surface area contributed by atoms with E-state index in [9.17, 15) is 22.4 Å². The lowest BCUT2D eigenvalue weighted by Gasteiger charge is -2.24. The van der Waals surface area contributed by atoms with Gasteiger partial charge in [0.1, 0.15) is 11.6 Å². The summed E-state index contributed by atoms with van der Waals surface area (Å²) in [4.78, 5) is 12.2. The number of anilines is 1. The molecule has 4 nitrogen and oxygen atoms in total. The number of ether oxygens (including phenoxy) is 1. The normalized spacial score (nSPS) is 10.9. The third kappa shape index (κ3) is 4.47. The lowest BCUT2D eigenvalue weighted by molar-refractivity contribution is -0.170. The number of carbonyl (C=O) groups is 1. The average Bonchev–Trinajstić information content (AvgIpc) is 2.58. The fourth-order valence-electron chi connectivity index (χ4n) is 2.14. The molecule has 0 spiro atoms. The minimum absolute atomic E-state index is 0.190. The van der Waals surface area contributed by atoms with Crippen molar-refractivity contribution in [2.45, 2.75) is 12.7 Å². The molecule has 25 heavy (non-hydrogen) atoms. The van der Waals surface area contributed by atoms with E-state index in [0.29, 0.717) is 16.2 Å². The molecule has 0 unspecified atom stereocenters. The molecule has 0 aliphatic heterocycles. The van der Waals surface area contributed by atoms with Gasteiger partial charge in [0.15, 0.2) is 0 Å². The first kappa shape index (κ1) is 18.3. The number of hydrogen-bond acceptors (Lipinski definition) is 3. The summed E-state index contributed by atoms with van der Waals surface area (Å²) in [6.07, 6.45) is -5.15. The second kappa shape index (κ2) is 7.21. The summed E-state index contributed by atoms with van der Waals surface area (Å²) in [6, 6.07) is 10.3. The van der Waals surface area contributed by atoms with Crippen LogP contribution in [-0.2, 0) is 11.3 Å². The molecule has 0 saturated heterocycles. The zero-order valence-corrected chi connectivity index (χ0v) is 13.0. The minimum Gasteiger partial charge on any atom is -0.497 e. The number of alkyl halides is 3. The van der Waals surface area contributed by atoms with Crippen molar-refractivity contribution in [3.8, 4) is 11.8 Å². The highest BCUT2D eigenvalue weighted by molar-refractivity contribution is 5.97. The Bertz CT molecular complexity index is 811. The van der Waals surface area contributed by atoms with Gasteiger partial charge in [-0.1, -0.05) is 12.1 Å². The Morgan fingerprint density at radius 2 is 1.84 bits per heavy atom. The monoisotopic (exact) mass is 352 g/mol. The molecular formula is C17H12F4N2O2. The lowest BCUT2D eigenvalue weighted by Crippen LogP contribution is -2.41. The van der Waals surface area contributed by atoms with Crippen LogP contribution in [0.25, 0.3) is 0 Å². The Balaban J connectivity index is 2.44. The molecule has 0 aromatic heterocycles. The Morgan fingerprint density at radius 1 is 1.20 bits per heavy atom. The largest absolute Gasteiger partial charge is 0.497 e. The van der Waals surface area contributed by atoms with Crippen LogP contribution in [0.3, 0.4) is 0 Å². The number of nitrogens with zero attached hydrogens (tertiary/aromatic N) is 2. The van der Waals surface area contributed by atoms with E-state index >= 15 is 0 Å². The third-order valence-electron chi connectivity index (χ3n) is 3.31. The lowest BCUT2D eigenvalue weighted by atomic mass is 10.1. The van der Waals surface area contributed by atoms with E-state index in [1.54, 1.807) is 6.07 Å². The quantitative estimate of drug-likeness (QED) is 0.787. The van der Waals surface area contributed by atoms with Gasteiger partial charge in [0.2, 0.25) is 0 Å². The van der Waals surface area contributed by atoms with Gasteiger partial charge < -0.3 is 9.64 Å². The number of methoxy groups -OCH3 is 1. The van der Waals surface area contributed by atoms with Crippen molar-refractivity contribution in [1.82, 2.24) is 0 Å². The van der Waals surface area contributed by atoms with Crippen LogP contribution in [0.2, 0.25) is 0 Å². The van der Waals surface area contributed by atoms with Gasteiger partial charge in [0.05, 0.1) is 25.3 Å². The minimum atomic E-state index is -5.15. The predicted molar refractivity (Wildman–Crippen MR) is 81.4 cm³/mol. The Hall–Kier alpha value is -3.08. The Kier molecular flexibility index (Phi) is 5.27. The first-order valence-corrected chi connectivity index (χ1v) is 6.97. The summed E-state index contributed by atoms with van der Waals surface area (Å²) in [6.45, 7) is -0.448. The second-order valence-corrected chi connectivity index (χ2v) is 5.05. The first-order chi connectivity index (χ1) is 11.7. The SMILES string of the molecule is COc1ccc(CN(C(=O)C(F)(F)F)c2cc(F)cc(C#N)c2)cc1. The molecule has 0 heterocycles. The standard InChI is InChI=1S/C17H12F4N2O2/c1-25-15-4-2-11(3-5-15)10-23(16(24)17(19,20)21)14-7-12(9-22)6-13(18)8-14/h2-8H,10H2,1H3. The van der Waals surface area contributed by atoms with E-state index in [1.807, 2.05) is 0 Å². The number of halogens is 4. The van der Waals surface area contributed by atoms with Gasteiger partial charge in [-0.05, 0) is 35.9 Å². The highest BCUT2D eigenvalue weighted by Gasteiger charge is 2.43. The van der Waals surface area contributed by atoms with E-state index in [1.165, 1.54) is 31.4 Å². The van der Waals surface area contributed by atoms with Crippen LogP contribution in [0, 0.1) is 17.1 Å². The highest BCUT2D eigenvalue weighted by atomic mass is 19.4. The molecule has 130 valence electrons. The molecule has 0 saturated carbocycles. The number of nitriles is 1. The van der Waals surface area contributed by atoms with Crippen molar-refractivity contribution in [3.63, 3.8) is 0 Å². The van der Waals surface area contributed by atoms with Gasteiger partial charge >= 0.3 is 12.1 Å². The number of hydrogen-bond donors (Lipinski definition) is 0. The number of rotatable bonds is 4. The molecule has 0 bridgehead atoms. The predicted octanol–water partition coefficient (Wildman–Crippen LogP) is 3.80. The van der Waals surface area contributed by atoms with Gasteiger partial charge in [0, 0.05) is 5.69 Å². The van der Waals surface area contributed by atoms with E-state index in [4.69, 9.17) is 10.00 Å². The van der Waals surface area contributed by atoms with Crippen LogP contribution in [0.15, 0.2) is 42.5 Å². The van der Waals surface area contributed by atoms with E-state index in [2.05, 4.69) is 0 Å². The first-order valence-electron chi connectivity index (χ1n) is 6.97. The van der Waals surface area contributed by atoms with Crippen LogP contribution in [-0.4, -0.2) is 19.2 Å². The summed E-state index contributed by atoms with van der Waals surface area (Å²) < 4.78 is 57.3. The van der Waals surface area contributed by atoms with Gasteiger partial charge in [-0.3, -0.25) is 4.79 Å². The van der Waals surface area contributed by atoms with Crippen LogP contribution >= 0.6 is 0 Å². The van der Waals surface area contributed by atoms with Crippen LogP contribution in [0.4, 0.5) is 23.2 Å². The molecule has 2 aromatic rings. The van der Waals surface area contributed by atoms with Crippen LogP contribution in [0.1, 0.15) is 11.1 Å². The molecule has 0 aliphatic rings. The topological polar surface area (TPSA) is 53.3 Å². The van der Waals surface area contributed by atoms with E-state index in [-0.39, 0.29) is 11.3 Å². The van der Waals surface area contributed by atoms with Gasteiger partial charge in [0.25, 0.3) is 0 Å². The van der Waals surface area contributed by atoms with Crippen molar-refractivity contribution >= 4 is 11.6 Å². The molecule has 0 N–H and O–H groups in total. The summed E-state index contributed by atoms with van der Waals surface area (Å²) in [7, 11) is 1.44. The summed E-state index contributed by atoms with van der Waals surface area (Å²) >= 11 is 0. The molecule has 0 fully saturated rings. The molecule has 0 aliphatic carbocycles. The molecule has 1 amide bonds. The second-order valence-electron chi connectivity index (χ2n) is 5.05. The maximum Gasteiger partial charge on any atom is 0.471 e. The molecule has 2 rings (SSSR count). The van der Waals surface area contributed by atoms with Crippen LogP contribution in [0.5, 0.6) is 5.75 Å². The summed E-state index contributed by atoms with van der Waals surface area (Å²) in [5.41, 5.74) is -0.166. The maximum absolute atomic E-state index is 13.6. The van der Waals surface area contributed by atoms with Crippen molar-refractivity contribution in [2.75, 3.05) is 12.0 Å². The molecule has 0 atom stereocenters. The molecule has 2 aromatic carbocycles. The number of carbonyl (C=O) groups excluding carboxylic acids is 1. The smallest absolute Gasteiger partial charge is 0.471 e. The highest BCUT2D eigenvalue weighted by Crippen LogP contribution is 2.27. The van der Waals surface area contributed by atoms with Crippen molar-refractivity contribution in [3.05, 3.63) is 59.4 Å². The van der Waals surface area contributed by atoms with E-state index < -0.39 is 24.4 Å². The fraction of sp³-hybridized carbons (Fsp3) is 0.176. The maximum atomic E-state index is 13.6. The summed E-state index contributed by atoms with van der Waals surface area (Å²) in [5, 5.41) is 8.86. The third-order valence-corrected chi connectivity index (χ3v) is 3.31. The molecular weight excluding hydrogens is 340 g/mol. The number of benzene rings is 2. The molecule has 0 radical (unpaired) electrons. The van der Waals surface area contributed by atoms with Crippen LogP contribution < -0.4 is 9.64 Å². The van der Waals surface area contributed by atoms with Gasteiger partial charge in [-0.25, -0.2) is 4.39 Å². The van der Waals surface area contributed by atoms with Gasteiger partial charge in [-0.2, -0.15) is 18.4 Å². The van der Waals surface area contributed by atoms with Crippen molar-refractivity contribution in [2.24, 2.45) is 0 Å². The Labute approximate surface area is 140 Å². The van der Waals surface area contributed by atoms with E-state index in [0.717, 1.165) is 18.2 Å². The zero-order valence-electron chi connectivity index (χ0n) is 13.0. The van der Waals surface area contributed by atoms with Gasteiger partial charge in [-0.15, -0.1) is 0 Å². The number of amides is 1.